The number of amides is 2. The molecule has 0 aliphatic heterocycles. The number of aryl methyl sites for hydroxylation is 2. The smallest absolute Gasteiger partial charge is 0.261 e. The van der Waals surface area contributed by atoms with Gasteiger partial charge in [-0.25, -0.2) is 0 Å². The van der Waals surface area contributed by atoms with Crippen LogP contribution in [0.1, 0.15) is 42.5 Å². The summed E-state index contributed by atoms with van der Waals surface area (Å²) in [6.45, 7) is 10.2. The largest absolute Gasteiger partial charge is 0.483 e. The molecule has 2 rings (SSSR count). The monoisotopic (exact) mass is 464 g/mol. The molecule has 0 unspecified atom stereocenters. The lowest BCUT2D eigenvalue weighted by Gasteiger charge is -2.29. The number of rotatable bonds is 9. The predicted molar refractivity (Wildman–Crippen MR) is 126 cm³/mol. The van der Waals surface area contributed by atoms with Gasteiger partial charge in [-0.1, -0.05) is 42.3 Å². The zero-order valence-electron chi connectivity index (χ0n) is 18.7. The Morgan fingerprint density at radius 2 is 1.84 bits per heavy atom. The average molecular weight is 465 g/mol. The average Bonchev–Trinajstić information content (AvgIpc) is 2.72. The SMILES string of the molecule is CCCNC(=O)[C@@H](C)N(Cc1ccc(Cl)cc1Cl)C(=O)COc1cc(C)cc(C)c1C. The van der Waals surface area contributed by atoms with Crippen molar-refractivity contribution in [3.8, 4) is 5.75 Å². The van der Waals surface area contributed by atoms with Gasteiger partial charge in [0.1, 0.15) is 11.8 Å². The number of halogens is 2. The Morgan fingerprint density at radius 1 is 1.13 bits per heavy atom. The van der Waals surface area contributed by atoms with Crippen LogP contribution >= 0.6 is 23.2 Å². The van der Waals surface area contributed by atoms with E-state index < -0.39 is 6.04 Å². The Hall–Kier alpha value is -2.24. The number of nitrogens with zero attached hydrogens (tertiary/aromatic N) is 1. The lowest BCUT2D eigenvalue weighted by atomic mass is 10.1. The Balaban J connectivity index is 2.23. The summed E-state index contributed by atoms with van der Waals surface area (Å²) >= 11 is 12.3. The Kier molecular flexibility index (Phi) is 9.20. The first-order valence-corrected chi connectivity index (χ1v) is 11.1. The highest BCUT2D eigenvalue weighted by Gasteiger charge is 2.27. The number of nitrogens with one attached hydrogen (secondary N) is 1. The van der Waals surface area contributed by atoms with Crippen LogP contribution in [0, 0.1) is 20.8 Å². The molecule has 0 saturated heterocycles. The van der Waals surface area contributed by atoms with Crippen LogP contribution in [0.5, 0.6) is 5.75 Å². The van der Waals surface area contributed by atoms with E-state index in [-0.39, 0.29) is 25.0 Å². The van der Waals surface area contributed by atoms with Crippen LogP contribution in [0.15, 0.2) is 30.3 Å². The Bertz CT molecular complexity index is 947. The summed E-state index contributed by atoms with van der Waals surface area (Å²) in [5, 5.41) is 3.80. The van der Waals surface area contributed by atoms with E-state index in [0.29, 0.717) is 27.9 Å². The maximum Gasteiger partial charge on any atom is 0.261 e. The van der Waals surface area contributed by atoms with Crippen LogP contribution in [0.2, 0.25) is 10.0 Å². The Morgan fingerprint density at radius 3 is 2.48 bits per heavy atom. The number of ether oxygens (including phenoxy) is 1. The van der Waals surface area contributed by atoms with Gasteiger partial charge >= 0.3 is 0 Å². The van der Waals surface area contributed by atoms with Gasteiger partial charge < -0.3 is 15.0 Å². The molecular formula is C24H30Cl2N2O3. The fraction of sp³-hybridized carbons (Fsp3) is 0.417. The molecule has 0 heterocycles. The zero-order valence-corrected chi connectivity index (χ0v) is 20.2. The minimum absolute atomic E-state index is 0.171. The number of benzene rings is 2. The van der Waals surface area contributed by atoms with Gasteiger partial charge in [-0.05, 0) is 74.6 Å². The molecule has 0 saturated carbocycles. The van der Waals surface area contributed by atoms with Crippen molar-refractivity contribution in [1.29, 1.82) is 0 Å². The zero-order chi connectivity index (χ0) is 23.1. The molecule has 0 aromatic heterocycles. The molecule has 2 aromatic carbocycles. The molecule has 0 aliphatic rings. The van der Waals surface area contributed by atoms with Crippen molar-refractivity contribution in [3.63, 3.8) is 0 Å². The molecule has 5 nitrogen and oxygen atoms in total. The fourth-order valence-corrected chi connectivity index (χ4v) is 3.65. The summed E-state index contributed by atoms with van der Waals surface area (Å²) in [5.41, 5.74) is 3.85. The molecule has 31 heavy (non-hydrogen) atoms. The van der Waals surface area contributed by atoms with Crippen molar-refractivity contribution in [2.24, 2.45) is 0 Å². The lowest BCUT2D eigenvalue weighted by molar-refractivity contribution is -0.142. The van der Waals surface area contributed by atoms with Crippen molar-refractivity contribution in [2.45, 2.75) is 53.6 Å². The van der Waals surface area contributed by atoms with Crippen molar-refractivity contribution in [3.05, 3.63) is 62.6 Å². The van der Waals surface area contributed by atoms with Crippen molar-refractivity contribution in [1.82, 2.24) is 10.2 Å². The third-order valence-corrected chi connectivity index (χ3v) is 5.77. The minimum Gasteiger partial charge on any atom is -0.483 e. The van der Waals surface area contributed by atoms with Crippen molar-refractivity contribution < 1.29 is 14.3 Å². The highest BCUT2D eigenvalue weighted by molar-refractivity contribution is 6.35. The first kappa shape index (κ1) is 25.0. The second-order valence-corrected chi connectivity index (χ2v) is 8.56. The van der Waals surface area contributed by atoms with Gasteiger partial charge in [0.05, 0.1) is 0 Å². The van der Waals surface area contributed by atoms with Crippen LogP contribution in [0.4, 0.5) is 0 Å². The topological polar surface area (TPSA) is 58.6 Å². The number of hydrogen-bond acceptors (Lipinski definition) is 3. The second-order valence-electron chi connectivity index (χ2n) is 7.72. The van der Waals surface area contributed by atoms with Crippen molar-refractivity contribution >= 4 is 35.0 Å². The summed E-state index contributed by atoms with van der Waals surface area (Å²) in [6.07, 6.45) is 0.810. The first-order chi connectivity index (χ1) is 14.6. The van der Waals surface area contributed by atoms with Gasteiger partial charge in [0.2, 0.25) is 5.91 Å². The van der Waals surface area contributed by atoms with Gasteiger partial charge in [0, 0.05) is 23.1 Å². The number of hydrogen-bond donors (Lipinski definition) is 1. The summed E-state index contributed by atoms with van der Waals surface area (Å²) in [7, 11) is 0. The van der Waals surface area contributed by atoms with E-state index in [2.05, 4.69) is 11.4 Å². The normalized spacial score (nSPS) is 11.7. The second kappa shape index (κ2) is 11.4. The molecule has 0 fully saturated rings. The summed E-state index contributed by atoms with van der Waals surface area (Å²) in [6, 6.07) is 8.39. The van der Waals surface area contributed by atoms with Crippen molar-refractivity contribution in [2.75, 3.05) is 13.2 Å². The molecule has 0 bridgehead atoms. The van der Waals surface area contributed by atoms with E-state index in [1.165, 1.54) is 4.90 Å². The fourth-order valence-electron chi connectivity index (χ4n) is 3.19. The molecule has 0 spiro atoms. The maximum absolute atomic E-state index is 13.2. The molecular weight excluding hydrogens is 435 g/mol. The van der Waals surface area contributed by atoms with Crippen LogP contribution in [-0.4, -0.2) is 35.9 Å². The van der Waals surface area contributed by atoms with E-state index in [9.17, 15) is 9.59 Å². The van der Waals surface area contributed by atoms with E-state index in [1.807, 2.05) is 33.8 Å². The minimum atomic E-state index is -0.685. The third-order valence-electron chi connectivity index (χ3n) is 5.19. The van der Waals surface area contributed by atoms with Gasteiger partial charge in [-0.3, -0.25) is 9.59 Å². The van der Waals surface area contributed by atoms with Crippen LogP contribution in [0.25, 0.3) is 0 Å². The quantitative estimate of drug-likeness (QED) is 0.551. The molecule has 0 aliphatic carbocycles. The van der Waals surface area contributed by atoms with Crippen LogP contribution in [-0.2, 0) is 16.1 Å². The predicted octanol–water partition coefficient (Wildman–Crippen LogP) is 5.24. The van der Waals surface area contributed by atoms with E-state index in [0.717, 1.165) is 23.1 Å². The molecule has 0 radical (unpaired) electrons. The van der Waals surface area contributed by atoms with Gasteiger partial charge in [-0.2, -0.15) is 0 Å². The molecule has 168 valence electrons. The van der Waals surface area contributed by atoms with Gasteiger partial charge in [0.25, 0.3) is 5.91 Å². The molecule has 7 heteroatoms. The highest BCUT2D eigenvalue weighted by Crippen LogP contribution is 2.25. The van der Waals surface area contributed by atoms with Gasteiger partial charge in [0.15, 0.2) is 6.61 Å². The maximum atomic E-state index is 13.2. The molecule has 1 atom stereocenters. The molecule has 1 N–H and O–H groups in total. The van der Waals surface area contributed by atoms with E-state index >= 15 is 0 Å². The summed E-state index contributed by atoms with van der Waals surface area (Å²) < 4.78 is 5.86. The summed E-state index contributed by atoms with van der Waals surface area (Å²) in [5.74, 6) is 0.144. The number of carbonyl (C=O) groups excluding carboxylic acids is 2. The third kappa shape index (κ3) is 6.88. The number of carbonyl (C=O) groups is 2. The molecule has 2 aromatic rings. The van der Waals surface area contributed by atoms with Crippen LogP contribution in [0.3, 0.4) is 0 Å². The standard InChI is InChI=1S/C24H30Cl2N2O3/c1-6-9-27-24(30)18(5)28(13-19-7-8-20(25)12-21(19)26)23(29)14-31-22-11-15(2)10-16(3)17(22)4/h7-8,10-12,18H,6,9,13-14H2,1-5H3,(H,27,30)/t18-/m1/s1. The highest BCUT2D eigenvalue weighted by atomic mass is 35.5. The lowest BCUT2D eigenvalue weighted by Crippen LogP contribution is -2.49. The Labute approximate surface area is 194 Å². The summed E-state index contributed by atoms with van der Waals surface area (Å²) in [4.78, 5) is 27.2. The van der Waals surface area contributed by atoms with Crippen LogP contribution < -0.4 is 10.1 Å². The van der Waals surface area contributed by atoms with E-state index in [4.69, 9.17) is 27.9 Å². The van der Waals surface area contributed by atoms with E-state index in [1.54, 1.807) is 25.1 Å². The molecule has 2 amide bonds. The first-order valence-electron chi connectivity index (χ1n) is 10.4. The van der Waals surface area contributed by atoms with Gasteiger partial charge in [-0.15, -0.1) is 0 Å².